The number of hydrogen-bond acceptors (Lipinski definition) is 10. The smallest absolute Gasteiger partial charge is 0.319 e. The number of thiophene rings is 1. The lowest BCUT2D eigenvalue weighted by atomic mass is 9.95. The quantitative estimate of drug-likeness (QED) is 0.186. The van der Waals surface area contributed by atoms with Crippen LogP contribution in [0.2, 0.25) is 5.02 Å². The van der Waals surface area contributed by atoms with Gasteiger partial charge in [-0.3, -0.25) is 15.0 Å². The van der Waals surface area contributed by atoms with Crippen LogP contribution in [0.3, 0.4) is 0 Å². The first-order valence-corrected chi connectivity index (χ1v) is 18.8. The van der Waals surface area contributed by atoms with Gasteiger partial charge in [-0.05, 0) is 68.7 Å². The van der Waals surface area contributed by atoms with Gasteiger partial charge in [-0.15, -0.1) is 11.3 Å². The predicted octanol–water partition coefficient (Wildman–Crippen LogP) is 6.01. The second-order valence-corrected chi connectivity index (χ2v) is 16.1. The van der Waals surface area contributed by atoms with E-state index in [0.29, 0.717) is 62.1 Å². The molecule has 266 valence electrons. The number of alkyl halides is 1. The van der Waals surface area contributed by atoms with Crippen LogP contribution >= 0.6 is 22.9 Å². The van der Waals surface area contributed by atoms with Crippen LogP contribution in [0.15, 0.2) is 18.2 Å². The van der Waals surface area contributed by atoms with Crippen LogP contribution in [-0.2, 0) is 4.79 Å². The van der Waals surface area contributed by atoms with Crippen molar-refractivity contribution in [2.75, 3.05) is 43.8 Å². The molecule has 1 amide bonds. The fourth-order valence-corrected chi connectivity index (χ4v) is 9.87. The number of amides is 1. The Balaban J connectivity index is 1.07. The van der Waals surface area contributed by atoms with Crippen molar-refractivity contribution < 1.29 is 22.7 Å². The number of aromatic nitrogens is 2. The molecule has 15 heteroatoms. The van der Waals surface area contributed by atoms with Gasteiger partial charge in [0.05, 0.1) is 20.8 Å². The molecule has 2 aromatic carbocycles. The molecule has 0 spiro atoms. The summed E-state index contributed by atoms with van der Waals surface area (Å²) in [6, 6.07) is 6.27. The predicted molar refractivity (Wildman–Crippen MR) is 190 cm³/mol. The summed E-state index contributed by atoms with van der Waals surface area (Å²) < 4.78 is 52.8. The molecule has 10 nitrogen and oxygen atoms in total. The third kappa shape index (κ3) is 5.64. The Bertz CT molecular complexity index is 2130. The van der Waals surface area contributed by atoms with Gasteiger partial charge in [0, 0.05) is 54.5 Å². The molecule has 9 rings (SSSR count). The van der Waals surface area contributed by atoms with E-state index in [-0.39, 0.29) is 72.9 Å². The van der Waals surface area contributed by atoms with Gasteiger partial charge in [-0.25, -0.2) is 13.2 Å². The number of fused-ring (bicyclic) bond motifs is 3. The molecular weight excluding hydrogens is 701 g/mol. The summed E-state index contributed by atoms with van der Waals surface area (Å²) in [5.41, 5.74) is 5.72. The monoisotopic (exact) mass is 736 g/mol. The summed E-state index contributed by atoms with van der Waals surface area (Å²) in [6.45, 7) is 2.44. The first-order valence-electron chi connectivity index (χ1n) is 17.6. The first-order chi connectivity index (χ1) is 24.6. The second kappa shape index (κ2) is 12.4. The third-order valence-corrected chi connectivity index (χ3v) is 12.8. The molecule has 1 aliphatic carbocycles. The number of anilines is 2. The molecule has 4 aliphatic heterocycles. The molecule has 4 aromatic rings. The number of nitrogen functional groups attached to an aromatic ring is 1. The lowest BCUT2D eigenvalue weighted by Crippen LogP contribution is -2.45. The zero-order chi connectivity index (χ0) is 35.2. The number of piperidine rings is 1. The van der Waals surface area contributed by atoms with Crippen LogP contribution in [0.4, 0.5) is 24.0 Å². The number of carbonyl (C=O) groups is 1. The molecular formula is C36H36ClF3N8O2S. The number of ether oxygens (including phenoxy) is 1. The van der Waals surface area contributed by atoms with Crippen LogP contribution in [0, 0.1) is 28.9 Å². The number of halogens is 4. The number of nitriles is 1. The molecule has 4 saturated heterocycles. The lowest BCUT2D eigenvalue weighted by Gasteiger charge is -2.33. The van der Waals surface area contributed by atoms with E-state index in [1.165, 1.54) is 25.0 Å². The van der Waals surface area contributed by atoms with Crippen LogP contribution < -0.4 is 21.1 Å². The van der Waals surface area contributed by atoms with Crippen molar-refractivity contribution in [3.8, 4) is 23.2 Å². The van der Waals surface area contributed by atoms with E-state index in [1.54, 1.807) is 6.07 Å². The van der Waals surface area contributed by atoms with Gasteiger partial charge in [-0.1, -0.05) is 17.7 Å². The molecule has 0 bridgehead atoms. The molecule has 5 aliphatic rings. The van der Waals surface area contributed by atoms with Crippen molar-refractivity contribution in [1.82, 2.24) is 25.1 Å². The number of rotatable bonds is 8. The van der Waals surface area contributed by atoms with Gasteiger partial charge in [0.15, 0.2) is 5.82 Å². The number of nitrogens with two attached hydrogens (primary N) is 1. The van der Waals surface area contributed by atoms with Crippen LogP contribution in [0.5, 0.6) is 6.01 Å². The number of hydrogen-bond donors (Lipinski definition) is 3. The highest BCUT2D eigenvalue weighted by Gasteiger charge is 2.52. The Morgan fingerprint density at radius 2 is 2.02 bits per heavy atom. The Morgan fingerprint density at radius 1 is 1.22 bits per heavy atom. The molecule has 6 heterocycles. The average Bonchev–Trinajstić information content (AvgIpc) is 4.01. The highest BCUT2D eigenvalue weighted by molar-refractivity contribution is 7.23. The summed E-state index contributed by atoms with van der Waals surface area (Å²) in [5.74, 6) is -0.271. The van der Waals surface area contributed by atoms with Crippen LogP contribution in [0.25, 0.3) is 32.1 Å². The number of likely N-dealkylation sites (tertiary alicyclic amines) is 1. The fourth-order valence-electron chi connectivity index (χ4n) is 8.63. The zero-order valence-electron chi connectivity index (χ0n) is 27.7. The largest absolute Gasteiger partial charge is 0.461 e. The maximum Gasteiger partial charge on any atom is 0.319 e. The van der Waals surface area contributed by atoms with Gasteiger partial charge in [-0.2, -0.15) is 15.2 Å². The molecule has 0 radical (unpaired) electrons. The first kappa shape index (κ1) is 33.0. The van der Waals surface area contributed by atoms with E-state index >= 15 is 4.39 Å². The van der Waals surface area contributed by atoms with Crippen molar-refractivity contribution >= 4 is 60.7 Å². The van der Waals surface area contributed by atoms with Crippen molar-refractivity contribution in [3.05, 3.63) is 40.4 Å². The van der Waals surface area contributed by atoms with Crippen LogP contribution in [0.1, 0.15) is 50.5 Å². The van der Waals surface area contributed by atoms with Crippen molar-refractivity contribution in [3.63, 3.8) is 0 Å². The molecule has 4 N–H and O–H groups in total. The number of nitrogens with zero attached hydrogens (tertiary/aromatic N) is 5. The Labute approximate surface area is 301 Å². The third-order valence-electron chi connectivity index (χ3n) is 11.5. The fraction of sp³-hybridized carbons (Fsp3) is 0.500. The van der Waals surface area contributed by atoms with Crippen molar-refractivity contribution in [1.29, 1.82) is 5.26 Å². The summed E-state index contributed by atoms with van der Waals surface area (Å²) in [6.07, 6.45) is 4.79. The summed E-state index contributed by atoms with van der Waals surface area (Å²) in [5, 5.41) is 17.3. The minimum absolute atomic E-state index is 0.0184. The summed E-state index contributed by atoms with van der Waals surface area (Å²) in [7, 11) is 0. The molecule has 5 fully saturated rings. The molecule has 1 saturated carbocycles. The Morgan fingerprint density at radius 3 is 2.78 bits per heavy atom. The average molecular weight is 737 g/mol. The maximum absolute atomic E-state index is 17.0. The Hall–Kier alpha value is -3.90. The van der Waals surface area contributed by atoms with Crippen molar-refractivity contribution in [2.45, 2.75) is 74.8 Å². The number of carbonyl (C=O) groups excluding carboxylic acids is 1. The topological polar surface area (TPSA) is 142 Å². The van der Waals surface area contributed by atoms with E-state index in [1.807, 2.05) is 11.0 Å². The standard InChI is InChI=1S/C36H36ClF3N8O2S/c37-23-12-21-29(27(40)26(23)20-4-5-24(39)31-25(20)22(14-41)32(42)51-31)45-35(50-16-36-8-1-9-48(36)15-18(38)13-36)46-33(21)43-19-6-10-47(11-7-19)34(49)30-28(44-30)17-2-3-17/h4-5,12,17-19,28,30,44H,1-3,6-11,13,15-16,42H2,(H,43,45,46)/t18-,28+,30-,36+/m1/s1. The summed E-state index contributed by atoms with van der Waals surface area (Å²) >= 11 is 7.75. The van der Waals surface area contributed by atoms with Gasteiger partial charge in [0.25, 0.3) is 0 Å². The zero-order valence-corrected chi connectivity index (χ0v) is 29.2. The molecule has 0 unspecified atom stereocenters. The van der Waals surface area contributed by atoms with E-state index < -0.39 is 23.3 Å². The van der Waals surface area contributed by atoms with Crippen LogP contribution in [-0.4, -0.2) is 88.3 Å². The molecule has 4 atom stereocenters. The van der Waals surface area contributed by atoms with Gasteiger partial charge >= 0.3 is 6.01 Å². The van der Waals surface area contributed by atoms with E-state index in [4.69, 9.17) is 27.1 Å². The van der Waals surface area contributed by atoms with Gasteiger partial charge < -0.3 is 20.7 Å². The summed E-state index contributed by atoms with van der Waals surface area (Å²) in [4.78, 5) is 26.4. The van der Waals surface area contributed by atoms with Gasteiger partial charge in [0.1, 0.15) is 47.0 Å². The number of nitrogens with one attached hydrogen (secondary N) is 2. The molecule has 2 aromatic heterocycles. The van der Waals surface area contributed by atoms with E-state index in [2.05, 4.69) is 20.5 Å². The highest BCUT2D eigenvalue weighted by Crippen LogP contribution is 2.46. The maximum atomic E-state index is 17.0. The minimum Gasteiger partial charge on any atom is -0.461 e. The minimum atomic E-state index is -0.948. The van der Waals surface area contributed by atoms with E-state index in [9.17, 15) is 18.8 Å². The Kier molecular flexibility index (Phi) is 7.99. The SMILES string of the molecule is N#Cc1c(N)sc2c(F)ccc(-c3c(Cl)cc4c(NC5CCN(C(=O)[C@@H]6N[C@H]6C6CC6)CC5)nc(OC[C@@]56CCCN5C[C@H](F)C6)nc4c3F)c12. The second-order valence-electron chi connectivity index (χ2n) is 14.7. The molecule has 51 heavy (non-hydrogen) atoms. The lowest BCUT2D eigenvalue weighted by molar-refractivity contribution is -0.131. The normalized spacial score (nSPS) is 26.5. The van der Waals surface area contributed by atoms with E-state index in [0.717, 1.165) is 30.7 Å². The van der Waals surface area contributed by atoms with Gasteiger partial charge in [0.2, 0.25) is 5.91 Å². The number of benzene rings is 2. The highest BCUT2D eigenvalue weighted by atomic mass is 35.5. The van der Waals surface area contributed by atoms with Crippen molar-refractivity contribution in [2.24, 2.45) is 5.92 Å².